The van der Waals surface area contributed by atoms with E-state index in [9.17, 15) is 38.3 Å². The van der Waals surface area contributed by atoms with Crippen LogP contribution >= 0.6 is 7.75 Å². The predicted molar refractivity (Wildman–Crippen MR) is 190 cm³/mol. The number of aliphatic carboxylic acids is 1. The molecule has 1 saturated heterocycles. The number of nitrogens with zero attached hydrogens (tertiary/aromatic N) is 4. The molecule has 0 amide bonds. The lowest BCUT2D eigenvalue weighted by atomic mass is 9.96. The summed E-state index contributed by atoms with van der Waals surface area (Å²) in [5.74, 6) is -4.62. The SMILES string of the molecule is COc1nc(N)nc2c1ncn2C1O[C@H](COP(=O)(N[C@@H](C)C(=O)OCc2ccc(F)cc2F)Oc2ccc3cc([C@H](C)C(=O)O)ccc3c2)[C@@H](O)[C@@]1(C)O. The first-order chi connectivity index (χ1) is 26.0. The molecule has 292 valence electrons. The molecule has 2 unspecified atom stereocenters. The van der Waals surface area contributed by atoms with Gasteiger partial charge in [-0.2, -0.15) is 15.1 Å². The number of benzene rings is 3. The van der Waals surface area contributed by atoms with Gasteiger partial charge in [-0.15, -0.1) is 0 Å². The lowest BCUT2D eigenvalue weighted by Crippen LogP contribution is -2.44. The average molecular weight is 787 g/mol. The van der Waals surface area contributed by atoms with Gasteiger partial charge in [-0.05, 0) is 61.4 Å². The van der Waals surface area contributed by atoms with Gasteiger partial charge in [0.1, 0.15) is 47.8 Å². The Morgan fingerprint density at radius 1 is 1.11 bits per heavy atom. The second-order valence-corrected chi connectivity index (χ2v) is 14.7. The number of anilines is 1. The molecule has 7 atom stereocenters. The van der Waals surface area contributed by atoms with Gasteiger partial charge in [0.25, 0.3) is 0 Å². The number of methoxy groups -OCH3 is 1. The Morgan fingerprint density at radius 3 is 2.55 bits per heavy atom. The van der Waals surface area contributed by atoms with Crippen molar-refractivity contribution in [1.82, 2.24) is 24.6 Å². The van der Waals surface area contributed by atoms with Gasteiger partial charge in [-0.25, -0.2) is 18.3 Å². The topological polar surface area (TPSA) is 240 Å². The van der Waals surface area contributed by atoms with E-state index in [2.05, 4.69) is 20.0 Å². The Balaban J connectivity index is 1.24. The van der Waals surface area contributed by atoms with Gasteiger partial charge in [0, 0.05) is 11.6 Å². The fourth-order valence-electron chi connectivity index (χ4n) is 5.91. The summed E-state index contributed by atoms with van der Waals surface area (Å²) in [6, 6.07) is 10.9. The molecule has 1 aliphatic rings. The number of nitrogens with one attached hydrogen (secondary N) is 1. The van der Waals surface area contributed by atoms with Gasteiger partial charge >= 0.3 is 19.7 Å². The first-order valence-electron chi connectivity index (χ1n) is 16.7. The monoisotopic (exact) mass is 786 g/mol. The second-order valence-electron chi connectivity index (χ2n) is 13.0. The number of aliphatic hydroxyl groups excluding tert-OH is 1. The number of ether oxygens (including phenoxy) is 3. The molecule has 6 N–H and O–H groups in total. The van der Waals surface area contributed by atoms with E-state index in [1.54, 1.807) is 31.2 Å². The lowest BCUT2D eigenvalue weighted by molar-refractivity contribution is -0.146. The van der Waals surface area contributed by atoms with Gasteiger partial charge in [0.15, 0.2) is 17.4 Å². The third-order valence-corrected chi connectivity index (χ3v) is 10.7. The maximum atomic E-state index is 14.4. The molecule has 0 bridgehead atoms. The molecule has 0 aliphatic carbocycles. The summed E-state index contributed by atoms with van der Waals surface area (Å²) in [5.41, 5.74) is 4.59. The van der Waals surface area contributed by atoms with E-state index in [0.717, 1.165) is 12.1 Å². The van der Waals surface area contributed by atoms with Crippen LogP contribution in [-0.2, 0) is 34.8 Å². The minimum Gasteiger partial charge on any atom is -0.481 e. The number of carboxylic acid groups (broad SMARTS) is 1. The highest BCUT2D eigenvalue weighted by Crippen LogP contribution is 2.48. The van der Waals surface area contributed by atoms with Crippen molar-refractivity contribution in [3.05, 3.63) is 83.7 Å². The maximum absolute atomic E-state index is 14.4. The van der Waals surface area contributed by atoms with Crippen LogP contribution < -0.4 is 20.1 Å². The number of aromatic nitrogens is 4. The van der Waals surface area contributed by atoms with E-state index < -0.39 is 80.5 Å². The number of carboxylic acids is 1. The molecule has 1 fully saturated rings. The number of nitrogen functional groups attached to an aromatic ring is 1. The van der Waals surface area contributed by atoms with Crippen LogP contribution in [0, 0.1) is 11.6 Å². The van der Waals surface area contributed by atoms with Crippen LogP contribution in [-0.4, -0.2) is 84.3 Å². The number of fused-ring (bicyclic) bond motifs is 2. The summed E-state index contributed by atoms with van der Waals surface area (Å²) in [6.45, 7) is 2.89. The zero-order chi connectivity index (χ0) is 39.8. The van der Waals surface area contributed by atoms with Crippen molar-refractivity contribution in [2.24, 2.45) is 0 Å². The first kappa shape index (κ1) is 39.4. The molecule has 0 spiro atoms. The number of esters is 1. The van der Waals surface area contributed by atoms with Gasteiger partial charge < -0.3 is 39.8 Å². The molecule has 17 nitrogen and oxygen atoms in total. The Bertz CT molecular complexity index is 2310. The van der Waals surface area contributed by atoms with E-state index >= 15 is 0 Å². The van der Waals surface area contributed by atoms with Crippen LogP contribution in [0.1, 0.15) is 44.0 Å². The summed E-state index contributed by atoms with van der Waals surface area (Å²) >= 11 is 0. The number of imidazole rings is 1. The molecule has 0 radical (unpaired) electrons. The predicted octanol–water partition coefficient (Wildman–Crippen LogP) is 3.97. The largest absolute Gasteiger partial charge is 0.481 e. The molecule has 6 rings (SSSR count). The van der Waals surface area contributed by atoms with E-state index in [0.29, 0.717) is 22.4 Å². The highest BCUT2D eigenvalue weighted by atomic mass is 31.2. The molecule has 0 saturated carbocycles. The van der Waals surface area contributed by atoms with Crippen molar-refractivity contribution in [1.29, 1.82) is 0 Å². The summed E-state index contributed by atoms with van der Waals surface area (Å²) in [6.07, 6.45) is -3.06. The van der Waals surface area contributed by atoms with Crippen molar-refractivity contribution < 1.29 is 61.5 Å². The van der Waals surface area contributed by atoms with Crippen molar-refractivity contribution >= 4 is 47.6 Å². The number of hydrogen-bond donors (Lipinski definition) is 5. The fourth-order valence-corrected chi connectivity index (χ4v) is 7.41. The molecule has 3 heterocycles. The zero-order valence-electron chi connectivity index (χ0n) is 29.8. The average Bonchev–Trinajstić information content (AvgIpc) is 3.65. The van der Waals surface area contributed by atoms with E-state index in [1.807, 2.05) is 0 Å². The molecule has 3 aromatic carbocycles. The smallest absolute Gasteiger partial charge is 0.459 e. The Kier molecular flexibility index (Phi) is 11.1. The summed E-state index contributed by atoms with van der Waals surface area (Å²) in [5, 5.41) is 35.8. The maximum Gasteiger partial charge on any atom is 0.459 e. The highest BCUT2D eigenvalue weighted by molar-refractivity contribution is 7.52. The highest BCUT2D eigenvalue weighted by Gasteiger charge is 2.54. The van der Waals surface area contributed by atoms with Gasteiger partial charge in [-0.3, -0.25) is 18.7 Å². The minimum atomic E-state index is -4.63. The number of rotatable bonds is 14. The lowest BCUT2D eigenvalue weighted by Gasteiger charge is -2.27. The fraction of sp³-hybridized carbons (Fsp3) is 0.343. The number of halogens is 2. The van der Waals surface area contributed by atoms with Crippen LogP contribution in [0.25, 0.3) is 21.9 Å². The second kappa shape index (κ2) is 15.4. The molecular weight excluding hydrogens is 749 g/mol. The molecule has 20 heteroatoms. The quantitative estimate of drug-likeness (QED) is 0.0790. The van der Waals surface area contributed by atoms with Crippen LogP contribution in [0.4, 0.5) is 14.7 Å². The van der Waals surface area contributed by atoms with Crippen LogP contribution in [0.15, 0.2) is 60.9 Å². The number of hydrogen-bond acceptors (Lipinski definition) is 14. The van der Waals surface area contributed by atoms with Crippen LogP contribution in [0.3, 0.4) is 0 Å². The first-order valence-corrected chi connectivity index (χ1v) is 18.2. The Labute approximate surface area is 311 Å². The number of aliphatic hydroxyl groups is 2. The van der Waals surface area contributed by atoms with Crippen molar-refractivity contribution in [2.45, 2.75) is 63.4 Å². The summed E-state index contributed by atoms with van der Waals surface area (Å²) in [4.78, 5) is 36.9. The number of nitrogens with two attached hydrogens (primary N) is 1. The van der Waals surface area contributed by atoms with Gasteiger partial charge in [0.05, 0.1) is 26.0 Å². The molecular formula is C35H37F2N6O11P. The van der Waals surface area contributed by atoms with Crippen molar-refractivity contribution in [3.8, 4) is 11.6 Å². The van der Waals surface area contributed by atoms with Gasteiger partial charge in [-0.1, -0.05) is 24.3 Å². The summed E-state index contributed by atoms with van der Waals surface area (Å²) in [7, 11) is -3.28. The van der Waals surface area contributed by atoms with Crippen molar-refractivity contribution in [2.75, 3.05) is 19.5 Å². The third kappa shape index (κ3) is 8.22. The molecule has 1 aliphatic heterocycles. The van der Waals surface area contributed by atoms with E-state index in [1.165, 1.54) is 44.0 Å². The minimum absolute atomic E-state index is 0.00480. The molecule has 2 aromatic heterocycles. The van der Waals surface area contributed by atoms with Crippen molar-refractivity contribution in [3.63, 3.8) is 0 Å². The number of carbonyl (C=O) groups is 2. The third-order valence-electron chi connectivity index (χ3n) is 9.04. The molecule has 55 heavy (non-hydrogen) atoms. The van der Waals surface area contributed by atoms with E-state index in [4.69, 9.17) is 29.0 Å². The number of carbonyl (C=O) groups excluding carboxylic acids is 1. The van der Waals surface area contributed by atoms with Crippen LogP contribution in [0.5, 0.6) is 11.6 Å². The summed E-state index contributed by atoms with van der Waals surface area (Å²) < 4.78 is 71.3. The normalized spacial score (nSPS) is 21.9. The van der Waals surface area contributed by atoms with Crippen LogP contribution in [0.2, 0.25) is 0 Å². The van der Waals surface area contributed by atoms with Gasteiger partial charge in [0.2, 0.25) is 11.8 Å². The Morgan fingerprint density at radius 2 is 1.84 bits per heavy atom. The Hall–Kier alpha value is -5.30. The zero-order valence-corrected chi connectivity index (χ0v) is 30.6. The standard InChI is InChI=1S/C35H37F2N6O11P/c1-17(31(45)46)19-5-6-21-12-24(10-8-20(21)11-19)54-55(49,42-18(2)32(47)51-14-22-7-9-23(36)13-25(22)37)52-15-26-28(44)35(3,48)33(53-26)43-16-39-27-29(43)40-34(38)41-30(27)50-4/h5-13,16-18,26,28,33,44,48H,14-15H2,1-4H3,(H,42,49)(H,45,46)(H2,38,40,41)/t17-,18-,26+,28+,33?,35+,55?/m0/s1. The van der Waals surface area contributed by atoms with E-state index in [-0.39, 0.29) is 34.3 Å². The molecule has 5 aromatic rings.